The molecule has 2 aromatic rings. The van der Waals surface area contributed by atoms with Crippen molar-refractivity contribution < 1.29 is 13.2 Å². The van der Waals surface area contributed by atoms with E-state index < -0.39 is 11.7 Å². The van der Waals surface area contributed by atoms with Gasteiger partial charge in [-0.15, -0.1) is 0 Å². The number of nitrogens with one attached hydrogen (secondary N) is 1. The first kappa shape index (κ1) is 13.6. The third-order valence-electron chi connectivity index (χ3n) is 2.85. The molecule has 0 aromatic heterocycles. The maximum absolute atomic E-state index is 12.5. The van der Waals surface area contributed by atoms with Crippen molar-refractivity contribution in [1.82, 2.24) is 5.32 Å². The minimum absolute atomic E-state index is 0.623. The summed E-state index contributed by atoms with van der Waals surface area (Å²) in [4.78, 5) is 0. The largest absolute Gasteiger partial charge is 0.416 e. The van der Waals surface area contributed by atoms with Gasteiger partial charge in [-0.3, -0.25) is 0 Å². The van der Waals surface area contributed by atoms with Gasteiger partial charge in [-0.25, -0.2) is 0 Å². The van der Waals surface area contributed by atoms with Crippen LogP contribution in [0.15, 0.2) is 48.5 Å². The molecule has 0 unspecified atom stereocenters. The minimum atomic E-state index is -4.29. The number of benzene rings is 2. The van der Waals surface area contributed by atoms with Crippen LogP contribution in [-0.4, -0.2) is 7.05 Å². The van der Waals surface area contributed by atoms with Crippen LogP contribution in [0.4, 0.5) is 13.2 Å². The van der Waals surface area contributed by atoms with Gasteiger partial charge in [0.25, 0.3) is 0 Å². The molecular weight excluding hydrogens is 251 g/mol. The lowest BCUT2D eigenvalue weighted by molar-refractivity contribution is -0.137. The van der Waals surface area contributed by atoms with E-state index in [-0.39, 0.29) is 0 Å². The quantitative estimate of drug-likeness (QED) is 0.881. The molecule has 0 atom stereocenters. The second-order valence-electron chi connectivity index (χ2n) is 4.31. The molecule has 0 fully saturated rings. The van der Waals surface area contributed by atoms with Crippen LogP contribution in [0.25, 0.3) is 11.1 Å². The van der Waals surface area contributed by atoms with Crippen molar-refractivity contribution >= 4 is 0 Å². The van der Waals surface area contributed by atoms with Crippen LogP contribution in [0.5, 0.6) is 0 Å². The normalized spacial score (nSPS) is 11.6. The van der Waals surface area contributed by atoms with Crippen LogP contribution in [0.1, 0.15) is 11.1 Å². The molecule has 0 amide bonds. The molecule has 0 radical (unpaired) electrons. The molecule has 0 heterocycles. The minimum Gasteiger partial charge on any atom is -0.316 e. The zero-order valence-corrected chi connectivity index (χ0v) is 10.5. The molecule has 0 spiro atoms. The zero-order chi connectivity index (χ0) is 13.9. The monoisotopic (exact) mass is 265 g/mol. The summed E-state index contributed by atoms with van der Waals surface area (Å²) in [5, 5.41) is 3.04. The zero-order valence-electron chi connectivity index (χ0n) is 10.5. The van der Waals surface area contributed by atoms with Crippen molar-refractivity contribution in [2.45, 2.75) is 12.7 Å². The van der Waals surface area contributed by atoms with Gasteiger partial charge >= 0.3 is 6.18 Å². The van der Waals surface area contributed by atoms with E-state index in [9.17, 15) is 13.2 Å². The highest BCUT2D eigenvalue weighted by molar-refractivity contribution is 5.64. The fourth-order valence-corrected chi connectivity index (χ4v) is 1.92. The molecule has 100 valence electrons. The van der Waals surface area contributed by atoms with E-state index in [4.69, 9.17) is 0 Å². The highest BCUT2D eigenvalue weighted by atomic mass is 19.4. The van der Waals surface area contributed by atoms with E-state index in [1.807, 2.05) is 31.3 Å². The second-order valence-corrected chi connectivity index (χ2v) is 4.31. The maximum Gasteiger partial charge on any atom is 0.416 e. The summed E-state index contributed by atoms with van der Waals surface area (Å²) in [7, 11) is 1.85. The summed E-state index contributed by atoms with van der Waals surface area (Å²) in [5.74, 6) is 0. The van der Waals surface area contributed by atoms with Crippen molar-refractivity contribution in [3.05, 3.63) is 59.7 Å². The Morgan fingerprint density at radius 1 is 0.947 bits per heavy atom. The smallest absolute Gasteiger partial charge is 0.316 e. The number of alkyl halides is 3. The molecular formula is C15H14F3N. The summed E-state index contributed by atoms with van der Waals surface area (Å²) >= 11 is 0. The lowest BCUT2D eigenvalue weighted by atomic mass is 10.0. The van der Waals surface area contributed by atoms with Crippen LogP contribution in [-0.2, 0) is 12.7 Å². The summed E-state index contributed by atoms with van der Waals surface area (Å²) in [5.41, 5.74) is 2.18. The molecule has 0 saturated heterocycles. The van der Waals surface area contributed by atoms with Crippen LogP contribution < -0.4 is 5.32 Å². The lowest BCUT2D eigenvalue weighted by Gasteiger charge is -2.09. The van der Waals surface area contributed by atoms with Gasteiger partial charge in [-0.2, -0.15) is 13.2 Å². The summed E-state index contributed by atoms with van der Waals surface area (Å²) < 4.78 is 37.4. The highest BCUT2D eigenvalue weighted by Gasteiger charge is 2.29. The van der Waals surface area contributed by atoms with Crippen LogP contribution in [0, 0.1) is 0 Å². The Balaban J connectivity index is 2.29. The predicted octanol–water partition coefficient (Wildman–Crippen LogP) is 4.09. The SMILES string of the molecule is CNCc1cccc(-c2ccc(C(F)(F)F)cc2)c1. The molecule has 0 aliphatic rings. The Bertz CT molecular complexity index is 544. The summed E-state index contributed by atoms with van der Waals surface area (Å²) in [6.07, 6.45) is -4.29. The van der Waals surface area contributed by atoms with Gasteiger partial charge in [0.05, 0.1) is 5.56 Å². The topological polar surface area (TPSA) is 12.0 Å². The number of hydrogen-bond donors (Lipinski definition) is 1. The van der Waals surface area contributed by atoms with Crippen molar-refractivity contribution in [3.63, 3.8) is 0 Å². The first-order valence-corrected chi connectivity index (χ1v) is 5.92. The first-order chi connectivity index (χ1) is 9.00. The average molecular weight is 265 g/mol. The first-order valence-electron chi connectivity index (χ1n) is 5.92. The van der Waals surface area contributed by atoms with E-state index in [1.165, 1.54) is 12.1 Å². The van der Waals surface area contributed by atoms with Gasteiger partial charge in [0.2, 0.25) is 0 Å². The van der Waals surface area contributed by atoms with E-state index >= 15 is 0 Å². The molecule has 2 rings (SSSR count). The molecule has 19 heavy (non-hydrogen) atoms. The standard InChI is InChI=1S/C15H14F3N/c1-19-10-11-3-2-4-13(9-11)12-5-7-14(8-6-12)15(16,17)18/h2-9,19H,10H2,1H3. The van der Waals surface area contributed by atoms with E-state index in [2.05, 4.69) is 5.32 Å². The predicted molar refractivity (Wildman–Crippen MR) is 69.6 cm³/mol. The van der Waals surface area contributed by atoms with Gasteiger partial charge < -0.3 is 5.32 Å². The maximum atomic E-state index is 12.5. The molecule has 1 N–H and O–H groups in total. The van der Waals surface area contributed by atoms with Gasteiger partial charge in [-0.05, 0) is 41.9 Å². The number of hydrogen-bond acceptors (Lipinski definition) is 1. The molecule has 0 aliphatic heterocycles. The molecule has 0 aliphatic carbocycles. The van der Waals surface area contributed by atoms with Crippen molar-refractivity contribution in [1.29, 1.82) is 0 Å². The van der Waals surface area contributed by atoms with Crippen LogP contribution >= 0.6 is 0 Å². The Morgan fingerprint density at radius 3 is 2.21 bits per heavy atom. The fourth-order valence-electron chi connectivity index (χ4n) is 1.92. The Kier molecular flexibility index (Phi) is 3.90. The van der Waals surface area contributed by atoms with Gasteiger partial charge in [-0.1, -0.05) is 30.3 Å². The number of rotatable bonds is 3. The van der Waals surface area contributed by atoms with Crippen LogP contribution in [0.2, 0.25) is 0 Å². The molecule has 4 heteroatoms. The summed E-state index contributed by atoms with van der Waals surface area (Å²) in [6, 6.07) is 13.0. The van der Waals surface area contributed by atoms with Gasteiger partial charge in [0, 0.05) is 6.54 Å². The Labute approximate surface area is 110 Å². The van der Waals surface area contributed by atoms with Gasteiger partial charge in [0.15, 0.2) is 0 Å². The number of halogens is 3. The van der Waals surface area contributed by atoms with E-state index in [0.29, 0.717) is 0 Å². The summed E-state index contributed by atoms with van der Waals surface area (Å²) in [6.45, 7) is 0.731. The molecule has 0 saturated carbocycles. The molecule has 0 bridgehead atoms. The third-order valence-corrected chi connectivity index (χ3v) is 2.85. The van der Waals surface area contributed by atoms with Crippen molar-refractivity contribution in [2.75, 3.05) is 7.05 Å². The van der Waals surface area contributed by atoms with E-state index in [0.717, 1.165) is 35.4 Å². The Hall–Kier alpha value is -1.81. The second kappa shape index (κ2) is 5.45. The molecule has 1 nitrogen and oxygen atoms in total. The van der Waals surface area contributed by atoms with E-state index in [1.54, 1.807) is 0 Å². The van der Waals surface area contributed by atoms with Crippen molar-refractivity contribution in [3.8, 4) is 11.1 Å². The highest BCUT2D eigenvalue weighted by Crippen LogP contribution is 2.31. The van der Waals surface area contributed by atoms with Crippen LogP contribution in [0.3, 0.4) is 0 Å². The Morgan fingerprint density at radius 2 is 1.63 bits per heavy atom. The fraction of sp³-hybridized carbons (Fsp3) is 0.200. The lowest BCUT2D eigenvalue weighted by Crippen LogP contribution is -2.05. The van der Waals surface area contributed by atoms with Gasteiger partial charge in [0.1, 0.15) is 0 Å². The third kappa shape index (κ3) is 3.35. The average Bonchev–Trinajstić information content (AvgIpc) is 2.39. The molecule has 2 aromatic carbocycles. The van der Waals surface area contributed by atoms with Crippen molar-refractivity contribution in [2.24, 2.45) is 0 Å².